The number of hydrogen-bond donors (Lipinski definition) is 0. The van der Waals surface area contributed by atoms with Crippen LogP contribution >= 0.6 is 0 Å². The third-order valence-corrected chi connectivity index (χ3v) is 7.21. The lowest BCUT2D eigenvalue weighted by Crippen LogP contribution is -2.28. The minimum absolute atomic E-state index is 0.0272. The van der Waals surface area contributed by atoms with Gasteiger partial charge in [0.1, 0.15) is 0 Å². The molecule has 2 rings (SSSR count). The quantitative estimate of drug-likeness (QED) is 0.813. The lowest BCUT2D eigenvalue weighted by molar-refractivity contribution is 0.0992. The summed E-state index contributed by atoms with van der Waals surface area (Å²) in [4.78, 5) is 0.116. The third-order valence-electron chi connectivity index (χ3n) is 3.42. The first kappa shape index (κ1) is 16.1. The van der Waals surface area contributed by atoms with Gasteiger partial charge in [0, 0.05) is 35.0 Å². The van der Waals surface area contributed by atoms with Crippen molar-refractivity contribution in [1.82, 2.24) is 0 Å². The zero-order valence-corrected chi connectivity index (χ0v) is 13.2. The molecule has 1 unspecified atom stereocenters. The van der Waals surface area contributed by atoms with E-state index in [0.29, 0.717) is 18.8 Å². The SMILES string of the molecule is N#Cc1cccc(S(=O)(=O)CCS(=O)C2CCOCC2)c1. The third kappa shape index (κ3) is 4.37. The Bertz CT molecular complexity index is 658. The van der Waals surface area contributed by atoms with Gasteiger partial charge in [-0.15, -0.1) is 0 Å². The first-order valence-electron chi connectivity index (χ1n) is 6.71. The highest BCUT2D eigenvalue weighted by Gasteiger charge is 2.23. The maximum atomic E-state index is 12.2. The lowest BCUT2D eigenvalue weighted by Gasteiger charge is -2.21. The van der Waals surface area contributed by atoms with E-state index in [9.17, 15) is 12.6 Å². The molecule has 1 aliphatic heterocycles. The van der Waals surface area contributed by atoms with Crippen LogP contribution in [0.25, 0.3) is 0 Å². The molecule has 0 saturated carbocycles. The largest absolute Gasteiger partial charge is 0.381 e. The number of nitriles is 1. The van der Waals surface area contributed by atoms with E-state index >= 15 is 0 Å². The van der Waals surface area contributed by atoms with Crippen molar-refractivity contribution in [3.8, 4) is 6.07 Å². The maximum Gasteiger partial charge on any atom is 0.179 e. The average molecular weight is 327 g/mol. The molecule has 7 heteroatoms. The molecule has 0 bridgehead atoms. The van der Waals surface area contributed by atoms with E-state index in [4.69, 9.17) is 10.00 Å². The second kappa shape index (κ2) is 7.16. The molecule has 114 valence electrons. The maximum absolute atomic E-state index is 12.2. The van der Waals surface area contributed by atoms with Gasteiger partial charge in [-0.2, -0.15) is 5.26 Å². The Morgan fingerprint density at radius 3 is 2.71 bits per heavy atom. The van der Waals surface area contributed by atoms with Crippen LogP contribution in [0, 0.1) is 11.3 Å². The van der Waals surface area contributed by atoms with Crippen LogP contribution in [0.5, 0.6) is 0 Å². The van der Waals surface area contributed by atoms with Gasteiger partial charge >= 0.3 is 0 Å². The van der Waals surface area contributed by atoms with E-state index in [2.05, 4.69) is 0 Å². The number of rotatable bonds is 5. The molecule has 0 N–H and O–H groups in total. The predicted molar refractivity (Wildman–Crippen MR) is 80.1 cm³/mol. The van der Waals surface area contributed by atoms with Gasteiger partial charge in [0.2, 0.25) is 0 Å². The van der Waals surface area contributed by atoms with Crippen molar-refractivity contribution in [3.63, 3.8) is 0 Å². The van der Waals surface area contributed by atoms with Gasteiger partial charge in [-0.05, 0) is 31.0 Å². The topological polar surface area (TPSA) is 84.2 Å². The molecule has 1 aromatic rings. The van der Waals surface area contributed by atoms with Crippen molar-refractivity contribution in [2.24, 2.45) is 0 Å². The van der Waals surface area contributed by atoms with E-state index in [0.717, 1.165) is 12.8 Å². The van der Waals surface area contributed by atoms with Gasteiger partial charge in [-0.1, -0.05) is 6.07 Å². The summed E-state index contributed by atoms with van der Waals surface area (Å²) in [5, 5.41) is 8.84. The Labute approximate surface area is 127 Å². The Balaban J connectivity index is 2.00. The standard InChI is InChI=1S/C14H17NO4S2/c15-11-12-2-1-3-14(10-12)21(17,18)9-8-20(16)13-4-6-19-7-5-13/h1-3,10,13H,4-9H2. The second-order valence-corrected chi connectivity index (χ2v) is 8.80. The van der Waals surface area contributed by atoms with E-state index in [-0.39, 0.29) is 21.7 Å². The summed E-state index contributed by atoms with van der Waals surface area (Å²) in [7, 11) is -4.66. The number of sulfone groups is 1. The van der Waals surface area contributed by atoms with Gasteiger partial charge in [-0.3, -0.25) is 4.21 Å². The summed E-state index contributed by atoms with van der Waals surface area (Å²) < 4.78 is 41.8. The number of ether oxygens (including phenoxy) is 1. The van der Waals surface area contributed by atoms with E-state index in [1.54, 1.807) is 12.1 Å². The van der Waals surface area contributed by atoms with Crippen molar-refractivity contribution < 1.29 is 17.4 Å². The van der Waals surface area contributed by atoms with E-state index in [1.807, 2.05) is 6.07 Å². The molecule has 0 amide bonds. The fourth-order valence-corrected chi connectivity index (χ4v) is 5.59. The summed E-state index contributed by atoms with van der Waals surface area (Å²) in [6, 6.07) is 7.83. The molecule has 0 aliphatic carbocycles. The van der Waals surface area contributed by atoms with Crippen LogP contribution < -0.4 is 0 Å². The highest BCUT2D eigenvalue weighted by Crippen LogP contribution is 2.16. The molecule has 0 aromatic heterocycles. The first-order valence-corrected chi connectivity index (χ1v) is 9.74. The normalized spacial score (nSPS) is 18.0. The van der Waals surface area contributed by atoms with Crippen LogP contribution in [0.1, 0.15) is 18.4 Å². The molecule has 1 saturated heterocycles. The Morgan fingerprint density at radius 1 is 1.33 bits per heavy atom. The minimum atomic E-state index is -3.50. The molecule has 1 heterocycles. The number of hydrogen-bond acceptors (Lipinski definition) is 5. The van der Waals surface area contributed by atoms with E-state index < -0.39 is 20.6 Å². The second-order valence-electron chi connectivity index (χ2n) is 4.86. The van der Waals surface area contributed by atoms with Crippen molar-refractivity contribution in [3.05, 3.63) is 29.8 Å². The zero-order chi connectivity index (χ0) is 15.3. The smallest absolute Gasteiger partial charge is 0.179 e. The highest BCUT2D eigenvalue weighted by atomic mass is 32.2. The fraction of sp³-hybridized carbons (Fsp3) is 0.500. The molecule has 0 radical (unpaired) electrons. The van der Waals surface area contributed by atoms with Gasteiger partial charge in [0.15, 0.2) is 9.84 Å². The molecular formula is C14H17NO4S2. The monoisotopic (exact) mass is 327 g/mol. The van der Waals surface area contributed by atoms with Crippen molar-refractivity contribution in [1.29, 1.82) is 5.26 Å². The van der Waals surface area contributed by atoms with Gasteiger partial charge in [-0.25, -0.2) is 8.42 Å². The summed E-state index contributed by atoms with van der Waals surface area (Å²) in [5.74, 6) is -0.0321. The summed E-state index contributed by atoms with van der Waals surface area (Å²) in [5.41, 5.74) is 0.307. The van der Waals surface area contributed by atoms with Crippen molar-refractivity contribution in [2.45, 2.75) is 23.0 Å². The molecule has 1 aromatic carbocycles. The first-order chi connectivity index (χ1) is 10.0. The molecule has 0 spiro atoms. The minimum Gasteiger partial charge on any atom is -0.381 e. The van der Waals surface area contributed by atoms with Gasteiger partial charge in [0.25, 0.3) is 0 Å². The van der Waals surface area contributed by atoms with Crippen LogP contribution in [0.2, 0.25) is 0 Å². The predicted octanol–water partition coefficient (Wildman–Crippen LogP) is 1.26. The van der Waals surface area contributed by atoms with Crippen LogP contribution in [0.4, 0.5) is 0 Å². The Hall–Kier alpha value is -1.23. The fourth-order valence-electron chi connectivity index (χ4n) is 2.17. The zero-order valence-electron chi connectivity index (χ0n) is 11.5. The summed E-state index contributed by atoms with van der Waals surface area (Å²) >= 11 is 0. The van der Waals surface area contributed by atoms with Crippen LogP contribution in [0.3, 0.4) is 0 Å². The number of benzene rings is 1. The van der Waals surface area contributed by atoms with E-state index in [1.165, 1.54) is 12.1 Å². The van der Waals surface area contributed by atoms with Gasteiger partial charge in [0.05, 0.1) is 22.3 Å². The number of nitrogens with zero attached hydrogens (tertiary/aromatic N) is 1. The molecule has 21 heavy (non-hydrogen) atoms. The van der Waals surface area contributed by atoms with Crippen molar-refractivity contribution in [2.75, 3.05) is 24.7 Å². The van der Waals surface area contributed by atoms with Crippen LogP contribution in [0.15, 0.2) is 29.2 Å². The summed E-state index contributed by atoms with van der Waals surface area (Å²) in [6.07, 6.45) is 1.44. The molecule has 1 atom stereocenters. The highest BCUT2D eigenvalue weighted by molar-refractivity contribution is 7.93. The van der Waals surface area contributed by atoms with Crippen LogP contribution in [-0.4, -0.2) is 42.6 Å². The Morgan fingerprint density at radius 2 is 2.05 bits per heavy atom. The lowest BCUT2D eigenvalue weighted by atomic mass is 10.2. The van der Waals surface area contributed by atoms with Crippen molar-refractivity contribution >= 4 is 20.6 Å². The van der Waals surface area contributed by atoms with Crippen LogP contribution in [-0.2, 0) is 25.4 Å². The molecular weight excluding hydrogens is 310 g/mol. The summed E-state index contributed by atoms with van der Waals surface area (Å²) in [6.45, 7) is 1.18. The molecule has 1 aliphatic rings. The molecule has 1 fully saturated rings. The van der Waals surface area contributed by atoms with Gasteiger partial charge < -0.3 is 4.74 Å². The molecule has 5 nitrogen and oxygen atoms in total. The average Bonchev–Trinajstić information content (AvgIpc) is 2.53. The Kier molecular flexibility index (Phi) is 5.51.